The molecule has 3 aromatic rings. The second-order valence-corrected chi connectivity index (χ2v) is 8.92. The van der Waals surface area contributed by atoms with E-state index in [1.807, 2.05) is 55.5 Å². The van der Waals surface area contributed by atoms with Gasteiger partial charge in [0.25, 0.3) is 11.7 Å². The molecule has 1 amide bonds. The SMILES string of the molecule is CCc1ccc(N2C(=O)C(=O)/C(=C(\O)c3ccc(F)c(C)c3)C2c2ccc(N(CC)CC)cc2)cc1. The third kappa shape index (κ3) is 4.51. The first-order chi connectivity index (χ1) is 17.3. The van der Waals surface area contributed by atoms with Gasteiger partial charge in [-0.25, -0.2) is 4.39 Å². The molecule has 3 aromatic carbocycles. The zero-order valence-corrected chi connectivity index (χ0v) is 21.1. The summed E-state index contributed by atoms with van der Waals surface area (Å²) < 4.78 is 13.9. The topological polar surface area (TPSA) is 60.9 Å². The Bertz CT molecular complexity index is 1310. The van der Waals surface area contributed by atoms with E-state index in [0.29, 0.717) is 16.8 Å². The van der Waals surface area contributed by atoms with Crippen LogP contribution in [0.5, 0.6) is 0 Å². The Morgan fingerprint density at radius 2 is 1.58 bits per heavy atom. The standard InChI is InChI=1S/C30H31FN2O3/c1-5-20-8-13-24(14-9-20)33-27(21-10-15-23(16-11-21)32(6-2)7-3)26(29(35)30(33)36)28(34)22-12-17-25(31)19(4)18-22/h8-18,27,34H,5-7H2,1-4H3/b28-26-. The summed E-state index contributed by atoms with van der Waals surface area (Å²) >= 11 is 0. The van der Waals surface area contributed by atoms with Crippen molar-refractivity contribution in [2.24, 2.45) is 0 Å². The maximum Gasteiger partial charge on any atom is 0.300 e. The predicted octanol–water partition coefficient (Wildman–Crippen LogP) is 6.17. The number of hydrogen-bond donors (Lipinski definition) is 1. The van der Waals surface area contributed by atoms with Crippen molar-refractivity contribution < 1.29 is 19.1 Å². The number of carbonyl (C=O) groups excluding carboxylic acids is 2. The summed E-state index contributed by atoms with van der Waals surface area (Å²) in [6.45, 7) is 9.49. The molecule has 0 bridgehead atoms. The molecule has 186 valence electrons. The van der Waals surface area contributed by atoms with E-state index in [2.05, 4.69) is 18.7 Å². The highest BCUT2D eigenvalue weighted by Gasteiger charge is 2.47. The van der Waals surface area contributed by atoms with Gasteiger partial charge in [0.15, 0.2) is 0 Å². The minimum absolute atomic E-state index is 0.0128. The average Bonchev–Trinajstić information content (AvgIpc) is 3.16. The van der Waals surface area contributed by atoms with Crippen LogP contribution in [0.15, 0.2) is 72.3 Å². The van der Waals surface area contributed by atoms with Crippen molar-refractivity contribution in [1.29, 1.82) is 0 Å². The molecule has 0 saturated carbocycles. The van der Waals surface area contributed by atoms with Crippen LogP contribution in [0.3, 0.4) is 0 Å². The molecule has 4 rings (SSSR count). The first kappa shape index (κ1) is 25.2. The lowest BCUT2D eigenvalue weighted by molar-refractivity contribution is -0.132. The Morgan fingerprint density at radius 1 is 0.944 bits per heavy atom. The number of aliphatic hydroxyl groups excluding tert-OH is 1. The molecule has 1 heterocycles. The van der Waals surface area contributed by atoms with E-state index in [1.54, 1.807) is 6.92 Å². The van der Waals surface area contributed by atoms with Gasteiger partial charge in [0.2, 0.25) is 0 Å². The molecule has 1 unspecified atom stereocenters. The van der Waals surface area contributed by atoms with Crippen LogP contribution in [0.2, 0.25) is 0 Å². The fourth-order valence-electron chi connectivity index (χ4n) is 4.71. The molecular formula is C30H31FN2O3. The van der Waals surface area contributed by atoms with E-state index in [-0.39, 0.29) is 16.9 Å². The molecule has 0 aliphatic carbocycles. The van der Waals surface area contributed by atoms with Crippen molar-refractivity contribution in [3.05, 3.63) is 100 Å². The van der Waals surface area contributed by atoms with Gasteiger partial charge in [0.05, 0.1) is 11.6 Å². The highest BCUT2D eigenvalue weighted by molar-refractivity contribution is 6.51. The fourth-order valence-corrected chi connectivity index (χ4v) is 4.71. The Morgan fingerprint density at radius 3 is 2.14 bits per heavy atom. The molecular weight excluding hydrogens is 455 g/mol. The zero-order chi connectivity index (χ0) is 26.0. The molecule has 6 heteroatoms. The van der Waals surface area contributed by atoms with Crippen LogP contribution in [0.1, 0.15) is 49.1 Å². The summed E-state index contributed by atoms with van der Waals surface area (Å²) in [5, 5.41) is 11.3. The Hall–Kier alpha value is -3.93. The second-order valence-electron chi connectivity index (χ2n) is 8.92. The van der Waals surface area contributed by atoms with E-state index in [9.17, 15) is 19.1 Å². The summed E-state index contributed by atoms with van der Waals surface area (Å²) in [7, 11) is 0. The first-order valence-electron chi connectivity index (χ1n) is 12.3. The number of nitrogens with zero attached hydrogens (tertiary/aromatic N) is 2. The zero-order valence-electron chi connectivity index (χ0n) is 21.1. The largest absolute Gasteiger partial charge is 0.507 e. The number of halogens is 1. The Kier molecular flexibility index (Phi) is 7.25. The lowest BCUT2D eigenvalue weighted by Crippen LogP contribution is -2.29. The van der Waals surface area contributed by atoms with Crippen molar-refractivity contribution >= 4 is 28.8 Å². The molecule has 1 atom stereocenters. The van der Waals surface area contributed by atoms with E-state index >= 15 is 0 Å². The van der Waals surface area contributed by atoms with E-state index in [0.717, 1.165) is 30.8 Å². The maximum absolute atomic E-state index is 13.9. The molecule has 1 aliphatic rings. The Labute approximate surface area is 211 Å². The van der Waals surface area contributed by atoms with Gasteiger partial charge in [-0.1, -0.05) is 31.2 Å². The summed E-state index contributed by atoms with van der Waals surface area (Å²) in [4.78, 5) is 30.3. The number of ketones is 1. The fraction of sp³-hybridized carbons (Fsp3) is 0.267. The van der Waals surface area contributed by atoms with Crippen molar-refractivity contribution in [3.63, 3.8) is 0 Å². The predicted molar refractivity (Wildman–Crippen MR) is 142 cm³/mol. The smallest absolute Gasteiger partial charge is 0.300 e. The first-order valence-corrected chi connectivity index (χ1v) is 12.3. The minimum atomic E-state index is -0.825. The number of rotatable bonds is 7. The second kappa shape index (κ2) is 10.4. The maximum atomic E-state index is 13.9. The summed E-state index contributed by atoms with van der Waals surface area (Å²) in [5.74, 6) is -2.21. The molecule has 0 radical (unpaired) electrons. The number of anilines is 2. The minimum Gasteiger partial charge on any atom is -0.507 e. The van der Waals surface area contributed by atoms with Gasteiger partial charge in [-0.05, 0) is 86.3 Å². The molecule has 1 aliphatic heterocycles. The van der Waals surface area contributed by atoms with Crippen LogP contribution >= 0.6 is 0 Å². The van der Waals surface area contributed by atoms with Gasteiger partial charge in [-0.3, -0.25) is 14.5 Å². The van der Waals surface area contributed by atoms with Crippen LogP contribution in [0.4, 0.5) is 15.8 Å². The van der Waals surface area contributed by atoms with Gasteiger partial charge in [-0.2, -0.15) is 0 Å². The normalized spacial score (nSPS) is 17.0. The van der Waals surface area contributed by atoms with Crippen LogP contribution in [-0.4, -0.2) is 29.9 Å². The molecule has 1 N–H and O–H groups in total. The number of aliphatic hydroxyl groups is 1. The van der Waals surface area contributed by atoms with Gasteiger partial charge >= 0.3 is 0 Å². The van der Waals surface area contributed by atoms with E-state index < -0.39 is 23.5 Å². The average molecular weight is 487 g/mol. The van der Waals surface area contributed by atoms with E-state index in [4.69, 9.17) is 0 Å². The number of benzene rings is 3. The van der Waals surface area contributed by atoms with Crippen molar-refractivity contribution in [1.82, 2.24) is 0 Å². The van der Waals surface area contributed by atoms with Gasteiger partial charge in [0.1, 0.15) is 11.6 Å². The number of Topliss-reactive ketones (excluding diaryl/α,β-unsaturated/α-hetero) is 1. The summed E-state index contributed by atoms with van der Waals surface area (Å²) in [5.41, 5.74) is 4.02. The van der Waals surface area contributed by atoms with E-state index in [1.165, 1.54) is 23.1 Å². The lowest BCUT2D eigenvalue weighted by Gasteiger charge is -2.27. The quantitative estimate of drug-likeness (QED) is 0.247. The molecule has 0 aromatic heterocycles. The molecule has 1 saturated heterocycles. The molecule has 1 fully saturated rings. The van der Waals surface area contributed by atoms with Crippen LogP contribution < -0.4 is 9.80 Å². The monoisotopic (exact) mass is 486 g/mol. The number of aryl methyl sites for hydroxylation is 2. The highest BCUT2D eigenvalue weighted by atomic mass is 19.1. The number of amides is 1. The lowest BCUT2D eigenvalue weighted by atomic mass is 9.94. The van der Waals surface area contributed by atoms with Crippen molar-refractivity contribution in [2.45, 2.75) is 40.2 Å². The highest BCUT2D eigenvalue weighted by Crippen LogP contribution is 2.42. The van der Waals surface area contributed by atoms with Crippen molar-refractivity contribution in [3.8, 4) is 0 Å². The van der Waals surface area contributed by atoms with Crippen LogP contribution in [-0.2, 0) is 16.0 Å². The molecule has 5 nitrogen and oxygen atoms in total. The third-order valence-electron chi connectivity index (χ3n) is 6.84. The third-order valence-corrected chi connectivity index (χ3v) is 6.84. The van der Waals surface area contributed by atoms with Gasteiger partial charge < -0.3 is 10.0 Å². The number of hydrogen-bond acceptors (Lipinski definition) is 4. The molecule has 36 heavy (non-hydrogen) atoms. The van der Waals surface area contributed by atoms with Crippen LogP contribution in [0.25, 0.3) is 5.76 Å². The Balaban J connectivity index is 1.89. The van der Waals surface area contributed by atoms with Crippen LogP contribution in [0, 0.1) is 12.7 Å². The van der Waals surface area contributed by atoms with Gasteiger partial charge in [0, 0.05) is 30.0 Å². The number of carbonyl (C=O) groups is 2. The summed E-state index contributed by atoms with van der Waals surface area (Å²) in [6, 6.07) is 18.5. The van der Waals surface area contributed by atoms with Crippen molar-refractivity contribution in [2.75, 3.05) is 22.9 Å². The van der Waals surface area contributed by atoms with Gasteiger partial charge in [-0.15, -0.1) is 0 Å². The summed E-state index contributed by atoms with van der Waals surface area (Å²) in [6.07, 6.45) is 0.846. The molecule has 0 spiro atoms.